The Morgan fingerprint density at radius 3 is 2.67 bits per heavy atom. The fraction of sp³-hybridized carbons (Fsp3) is 0.667. The van der Waals surface area contributed by atoms with E-state index in [1.54, 1.807) is 6.26 Å². The summed E-state index contributed by atoms with van der Waals surface area (Å²) in [5, 5.41) is 0. The number of halogens is 1. The summed E-state index contributed by atoms with van der Waals surface area (Å²) in [6.07, 6.45) is 2.29. The van der Waals surface area contributed by atoms with Gasteiger partial charge in [0.2, 0.25) is 0 Å². The molecule has 0 bridgehead atoms. The van der Waals surface area contributed by atoms with E-state index in [9.17, 15) is 4.39 Å². The number of hydrogen-bond donors (Lipinski definition) is 0. The van der Waals surface area contributed by atoms with Crippen LogP contribution in [0.5, 0.6) is 0 Å². The van der Waals surface area contributed by atoms with Crippen molar-refractivity contribution in [2.75, 3.05) is 6.67 Å². The maximum Gasteiger partial charge on any atom is 0.193 e. The van der Waals surface area contributed by atoms with Crippen molar-refractivity contribution in [2.45, 2.75) is 32.6 Å². The fourth-order valence-electron chi connectivity index (χ4n) is 0.853. The zero-order valence-electron chi connectivity index (χ0n) is 7.72. The van der Waals surface area contributed by atoms with Crippen LogP contribution in [0, 0.1) is 0 Å². The van der Waals surface area contributed by atoms with E-state index < -0.39 is 12.1 Å². The SMILES string of the molecule is CCc1nc(C(C)(C)CF)co1. The van der Waals surface area contributed by atoms with Gasteiger partial charge in [-0.1, -0.05) is 20.8 Å². The van der Waals surface area contributed by atoms with E-state index >= 15 is 0 Å². The highest BCUT2D eigenvalue weighted by Gasteiger charge is 2.24. The van der Waals surface area contributed by atoms with Crippen LogP contribution < -0.4 is 0 Å². The second-order valence-corrected chi connectivity index (χ2v) is 3.50. The molecule has 0 aliphatic heterocycles. The number of nitrogens with zero attached hydrogens (tertiary/aromatic N) is 1. The first-order valence-corrected chi connectivity index (χ1v) is 4.11. The summed E-state index contributed by atoms with van der Waals surface area (Å²) >= 11 is 0. The number of aryl methyl sites for hydroxylation is 1. The fourth-order valence-corrected chi connectivity index (χ4v) is 0.853. The maximum atomic E-state index is 12.5. The second-order valence-electron chi connectivity index (χ2n) is 3.50. The molecule has 0 N–H and O–H groups in total. The Labute approximate surface area is 71.8 Å². The normalized spacial score (nSPS) is 12.0. The summed E-state index contributed by atoms with van der Waals surface area (Å²) in [6.45, 7) is 5.16. The van der Waals surface area contributed by atoms with Crippen LogP contribution in [0.1, 0.15) is 32.4 Å². The molecule has 0 aliphatic carbocycles. The van der Waals surface area contributed by atoms with E-state index in [2.05, 4.69) is 4.98 Å². The van der Waals surface area contributed by atoms with Crippen molar-refractivity contribution in [1.29, 1.82) is 0 Å². The molecule has 2 nitrogen and oxygen atoms in total. The van der Waals surface area contributed by atoms with Gasteiger partial charge in [-0.25, -0.2) is 4.98 Å². The van der Waals surface area contributed by atoms with Crippen LogP contribution in [0.3, 0.4) is 0 Å². The molecule has 68 valence electrons. The molecule has 0 amide bonds. The van der Waals surface area contributed by atoms with E-state index in [1.807, 2.05) is 20.8 Å². The summed E-state index contributed by atoms with van der Waals surface area (Å²) in [7, 11) is 0. The first kappa shape index (κ1) is 9.23. The van der Waals surface area contributed by atoms with Crippen LogP contribution in [-0.4, -0.2) is 11.7 Å². The molecule has 1 rings (SSSR count). The van der Waals surface area contributed by atoms with Crippen molar-refractivity contribution >= 4 is 0 Å². The van der Waals surface area contributed by atoms with E-state index in [0.717, 1.165) is 6.42 Å². The molecule has 0 spiro atoms. The highest BCUT2D eigenvalue weighted by Crippen LogP contribution is 2.22. The topological polar surface area (TPSA) is 26.0 Å². The van der Waals surface area contributed by atoms with Crippen molar-refractivity contribution in [1.82, 2.24) is 4.98 Å². The number of rotatable bonds is 3. The first-order valence-electron chi connectivity index (χ1n) is 4.11. The van der Waals surface area contributed by atoms with Gasteiger partial charge in [0.05, 0.1) is 5.69 Å². The zero-order valence-corrected chi connectivity index (χ0v) is 7.72. The van der Waals surface area contributed by atoms with Gasteiger partial charge in [-0.15, -0.1) is 0 Å². The lowest BCUT2D eigenvalue weighted by molar-refractivity contribution is 0.343. The Balaban J connectivity index is 2.88. The van der Waals surface area contributed by atoms with Gasteiger partial charge >= 0.3 is 0 Å². The molecule has 0 saturated heterocycles. The third kappa shape index (κ3) is 1.65. The standard InChI is InChI=1S/C9H14FNO/c1-4-8-11-7(5-12-8)9(2,3)6-10/h5H,4,6H2,1-3H3. The number of aromatic nitrogens is 1. The van der Waals surface area contributed by atoms with Gasteiger partial charge in [-0.05, 0) is 0 Å². The number of alkyl halides is 1. The van der Waals surface area contributed by atoms with Gasteiger partial charge < -0.3 is 4.42 Å². The van der Waals surface area contributed by atoms with Crippen LogP contribution in [0.2, 0.25) is 0 Å². The number of oxazole rings is 1. The lowest BCUT2D eigenvalue weighted by Crippen LogP contribution is -2.20. The van der Waals surface area contributed by atoms with Gasteiger partial charge in [0.15, 0.2) is 5.89 Å². The Hall–Kier alpha value is -0.860. The molecule has 1 aromatic rings. The Kier molecular flexibility index (Phi) is 2.50. The van der Waals surface area contributed by atoms with E-state index in [0.29, 0.717) is 11.6 Å². The van der Waals surface area contributed by atoms with Gasteiger partial charge in [0, 0.05) is 11.8 Å². The monoisotopic (exact) mass is 171 g/mol. The van der Waals surface area contributed by atoms with Crippen LogP contribution >= 0.6 is 0 Å². The predicted molar refractivity (Wildman–Crippen MR) is 44.9 cm³/mol. The molecule has 0 aromatic carbocycles. The van der Waals surface area contributed by atoms with Gasteiger partial charge in [-0.3, -0.25) is 4.39 Å². The lowest BCUT2D eigenvalue weighted by atomic mass is 9.92. The first-order chi connectivity index (χ1) is 5.60. The molecular weight excluding hydrogens is 157 g/mol. The summed E-state index contributed by atoms with van der Waals surface area (Å²) in [4.78, 5) is 4.16. The minimum Gasteiger partial charge on any atom is -0.449 e. The minimum atomic E-state index is -0.517. The van der Waals surface area contributed by atoms with Crippen molar-refractivity contribution in [3.63, 3.8) is 0 Å². The zero-order chi connectivity index (χ0) is 9.19. The van der Waals surface area contributed by atoms with Crippen LogP contribution in [0.15, 0.2) is 10.7 Å². The quantitative estimate of drug-likeness (QED) is 0.698. The molecule has 1 aromatic heterocycles. The van der Waals surface area contributed by atoms with Gasteiger partial charge in [0.1, 0.15) is 12.9 Å². The van der Waals surface area contributed by atoms with Gasteiger partial charge in [0.25, 0.3) is 0 Å². The average molecular weight is 171 g/mol. The van der Waals surface area contributed by atoms with Crippen molar-refractivity contribution in [3.8, 4) is 0 Å². The van der Waals surface area contributed by atoms with E-state index in [4.69, 9.17) is 4.42 Å². The lowest BCUT2D eigenvalue weighted by Gasteiger charge is -2.15. The van der Waals surface area contributed by atoms with E-state index in [-0.39, 0.29) is 0 Å². The van der Waals surface area contributed by atoms with Gasteiger partial charge in [-0.2, -0.15) is 0 Å². The molecule has 0 fully saturated rings. The van der Waals surface area contributed by atoms with Crippen LogP contribution in [0.4, 0.5) is 4.39 Å². The summed E-state index contributed by atoms with van der Waals surface area (Å²) in [5.74, 6) is 0.673. The molecule has 12 heavy (non-hydrogen) atoms. The molecule has 0 radical (unpaired) electrons. The molecule has 0 aliphatic rings. The Morgan fingerprint density at radius 2 is 2.25 bits per heavy atom. The van der Waals surface area contributed by atoms with Crippen molar-refractivity contribution in [2.24, 2.45) is 0 Å². The molecule has 1 heterocycles. The van der Waals surface area contributed by atoms with Crippen molar-refractivity contribution in [3.05, 3.63) is 17.8 Å². The van der Waals surface area contributed by atoms with Crippen molar-refractivity contribution < 1.29 is 8.81 Å². The molecule has 0 unspecified atom stereocenters. The minimum absolute atomic E-state index is 0.414. The smallest absolute Gasteiger partial charge is 0.193 e. The summed E-state index contributed by atoms with van der Waals surface area (Å²) in [6, 6.07) is 0. The maximum absolute atomic E-state index is 12.5. The van der Waals surface area contributed by atoms with Crippen LogP contribution in [-0.2, 0) is 11.8 Å². The van der Waals surface area contributed by atoms with Crippen LogP contribution in [0.25, 0.3) is 0 Å². The molecule has 0 saturated carbocycles. The molecule has 3 heteroatoms. The third-order valence-electron chi connectivity index (χ3n) is 1.88. The van der Waals surface area contributed by atoms with E-state index in [1.165, 1.54) is 0 Å². The third-order valence-corrected chi connectivity index (χ3v) is 1.88. The largest absolute Gasteiger partial charge is 0.449 e. The molecular formula is C9H14FNO. The molecule has 0 atom stereocenters. The number of hydrogen-bond acceptors (Lipinski definition) is 2. The summed E-state index contributed by atoms with van der Waals surface area (Å²) < 4.78 is 17.6. The highest BCUT2D eigenvalue weighted by molar-refractivity contribution is 5.10. The summed E-state index contributed by atoms with van der Waals surface area (Å²) in [5.41, 5.74) is 0.179. The Morgan fingerprint density at radius 1 is 1.58 bits per heavy atom. The second kappa shape index (κ2) is 3.25. The average Bonchev–Trinajstić information content (AvgIpc) is 2.52. The Bertz CT molecular complexity index is 255. The predicted octanol–water partition coefficient (Wildman–Crippen LogP) is 2.48. The highest BCUT2D eigenvalue weighted by atomic mass is 19.1.